The van der Waals surface area contributed by atoms with Gasteiger partial charge >= 0.3 is 6.09 Å². The van der Waals surface area contributed by atoms with Crippen LogP contribution in [0.2, 0.25) is 0 Å². The molecule has 8 heteroatoms. The van der Waals surface area contributed by atoms with Crippen molar-refractivity contribution in [2.45, 2.75) is 50.9 Å². The first-order valence-electron chi connectivity index (χ1n) is 19.5. The summed E-state index contributed by atoms with van der Waals surface area (Å²) in [6.07, 6.45) is 8.64. The van der Waals surface area contributed by atoms with Crippen molar-refractivity contribution >= 4 is 35.0 Å². The van der Waals surface area contributed by atoms with E-state index >= 15 is 0 Å². The monoisotopic (exact) mass is 699 g/mol. The van der Waals surface area contributed by atoms with Crippen molar-refractivity contribution in [3.8, 4) is 16.9 Å². The van der Waals surface area contributed by atoms with E-state index in [9.17, 15) is 9.59 Å². The number of hydrogen-bond acceptors (Lipinski definition) is 5. The van der Waals surface area contributed by atoms with Gasteiger partial charge in [-0.3, -0.25) is 10.1 Å². The zero-order valence-corrected chi connectivity index (χ0v) is 29.6. The molecule has 0 radical (unpaired) electrons. The SMILES string of the molecule is O=C(NC(=S)Nc1ccc(C(=O)NCC23C4C5CCC5C4C2C2C4CCC4C23)cc1OCC1CCC1)OCC1c2ccccc2-c2ccccc21. The Morgan fingerprint density at radius 2 is 1.41 bits per heavy atom. The maximum absolute atomic E-state index is 13.8. The lowest BCUT2D eigenvalue weighted by Gasteiger charge is -2.93. The first-order chi connectivity index (χ1) is 25.0. The molecule has 8 atom stereocenters. The lowest BCUT2D eigenvalue weighted by atomic mass is 9.11. The Morgan fingerprint density at radius 3 is 2.02 bits per heavy atom. The number of alkyl carbamates (subject to hydrolysis) is 1. The smallest absolute Gasteiger partial charge is 0.413 e. The Balaban J connectivity index is 0.751. The Morgan fingerprint density at radius 1 is 0.765 bits per heavy atom. The molecule has 7 fully saturated rings. The molecule has 8 aliphatic carbocycles. The minimum Gasteiger partial charge on any atom is -0.491 e. The first kappa shape index (κ1) is 30.7. The van der Waals surface area contributed by atoms with Crippen molar-refractivity contribution in [1.82, 2.24) is 10.6 Å². The molecule has 8 aliphatic rings. The molecule has 0 aromatic heterocycles. The number of carbonyl (C=O) groups excluding carboxylic acids is 2. The zero-order valence-electron chi connectivity index (χ0n) is 28.8. The van der Waals surface area contributed by atoms with E-state index in [4.69, 9.17) is 21.7 Å². The number of ether oxygens (including phenoxy) is 2. The van der Waals surface area contributed by atoms with Gasteiger partial charge in [-0.05, 0) is 156 Å². The van der Waals surface area contributed by atoms with Crippen LogP contribution in [-0.2, 0) is 4.74 Å². The van der Waals surface area contributed by atoms with Crippen LogP contribution in [0.5, 0.6) is 5.75 Å². The fourth-order valence-electron chi connectivity index (χ4n) is 13.0. The maximum atomic E-state index is 13.8. The van der Waals surface area contributed by atoms with E-state index in [1.54, 1.807) is 0 Å². The standard InChI is InChI=1S/C43H45N3O4S/c47-40(44-21-43-37-30-15-13-28(30)35(37)39(43)36-29-14-16-31(29)38(36)43)23-12-17-33(34(18-23)49-19-22-6-5-7-22)45-41(51)46-42(48)50-20-32-26-10-3-1-8-24(26)25-9-2-4-11-27(25)32/h1-4,8-12,17-18,22,28-32,35-39H,5-7,13-16,19-21H2,(H,44,47)(H2,45,46,48,51). The average Bonchev–Trinajstić information content (AvgIpc) is 3.41. The number of amides is 2. The van der Waals surface area contributed by atoms with Gasteiger partial charge in [-0.1, -0.05) is 55.0 Å². The second-order valence-electron chi connectivity index (χ2n) is 17.1. The van der Waals surface area contributed by atoms with Crippen LogP contribution in [0.25, 0.3) is 11.1 Å². The van der Waals surface area contributed by atoms with E-state index in [0.717, 1.165) is 83.8 Å². The molecule has 3 N–H and O–H groups in total. The first-order valence-corrected chi connectivity index (χ1v) is 19.9. The van der Waals surface area contributed by atoms with Gasteiger partial charge in [-0.2, -0.15) is 0 Å². The third-order valence-corrected chi connectivity index (χ3v) is 15.7. The normalized spacial score (nSPS) is 35.1. The van der Waals surface area contributed by atoms with Gasteiger partial charge in [0.2, 0.25) is 0 Å². The molecule has 51 heavy (non-hydrogen) atoms. The van der Waals surface area contributed by atoms with Gasteiger partial charge in [-0.25, -0.2) is 4.79 Å². The Bertz CT molecular complexity index is 1900. The molecule has 7 nitrogen and oxygen atoms in total. The number of benzene rings is 3. The van der Waals surface area contributed by atoms with E-state index in [0.29, 0.717) is 34.9 Å². The third-order valence-electron chi connectivity index (χ3n) is 15.5. The highest BCUT2D eigenvalue weighted by Gasteiger charge is 2.89. The zero-order chi connectivity index (χ0) is 34.0. The van der Waals surface area contributed by atoms with Gasteiger partial charge < -0.3 is 20.1 Å². The summed E-state index contributed by atoms with van der Waals surface area (Å²) in [5.74, 6) is 9.43. The summed E-state index contributed by atoms with van der Waals surface area (Å²) in [5.41, 5.74) is 6.26. The number of fused-ring (bicyclic) bond motifs is 16. The van der Waals surface area contributed by atoms with Gasteiger partial charge in [0.1, 0.15) is 12.4 Å². The molecule has 0 aliphatic heterocycles. The summed E-state index contributed by atoms with van der Waals surface area (Å²) in [4.78, 5) is 26.7. The summed E-state index contributed by atoms with van der Waals surface area (Å²) in [7, 11) is 0. The fourth-order valence-corrected chi connectivity index (χ4v) is 13.2. The molecule has 2 amide bonds. The van der Waals surface area contributed by atoms with Crippen LogP contribution in [-0.4, -0.2) is 36.9 Å². The van der Waals surface area contributed by atoms with E-state index in [1.165, 1.54) is 43.2 Å². The molecular weight excluding hydrogens is 655 g/mol. The van der Waals surface area contributed by atoms with Crippen molar-refractivity contribution in [3.63, 3.8) is 0 Å². The summed E-state index contributed by atoms with van der Waals surface area (Å²) < 4.78 is 12.0. The molecule has 262 valence electrons. The summed E-state index contributed by atoms with van der Waals surface area (Å²) in [5, 5.41) is 9.40. The van der Waals surface area contributed by atoms with Gasteiger partial charge in [0.15, 0.2) is 5.11 Å². The minimum atomic E-state index is -0.615. The predicted octanol–water partition coefficient (Wildman–Crippen LogP) is 8.01. The molecule has 0 spiro atoms. The van der Waals surface area contributed by atoms with Crippen molar-refractivity contribution in [2.75, 3.05) is 25.1 Å². The largest absolute Gasteiger partial charge is 0.491 e. The number of anilines is 1. The van der Waals surface area contributed by atoms with Crippen molar-refractivity contribution in [3.05, 3.63) is 83.4 Å². The molecule has 8 unspecified atom stereocenters. The maximum Gasteiger partial charge on any atom is 0.413 e. The highest BCUT2D eigenvalue weighted by atomic mass is 32.1. The van der Waals surface area contributed by atoms with Crippen molar-refractivity contribution < 1.29 is 19.1 Å². The molecule has 0 saturated heterocycles. The molecule has 3 aromatic rings. The van der Waals surface area contributed by atoms with Crippen LogP contribution in [0.15, 0.2) is 66.7 Å². The Kier molecular flexibility index (Phi) is 6.80. The van der Waals surface area contributed by atoms with Gasteiger partial charge in [-0.15, -0.1) is 0 Å². The quantitative estimate of drug-likeness (QED) is 0.155. The highest BCUT2D eigenvalue weighted by molar-refractivity contribution is 7.80. The topological polar surface area (TPSA) is 88.7 Å². The average molecular weight is 700 g/mol. The van der Waals surface area contributed by atoms with Gasteiger partial charge in [0.25, 0.3) is 5.91 Å². The van der Waals surface area contributed by atoms with Gasteiger partial charge in [0, 0.05) is 18.0 Å². The van der Waals surface area contributed by atoms with E-state index in [-0.39, 0.29) is 23.5 Å². The second-order valence-corrected chi connectivity index (χ2v) is 17.5. The van der Waals surface area contributed by atoms with Crippen LogP contribution in [0.3, 0.4) is 0 Å². The molecule has 0 heterocycles. The van der Waals surface area contributed by atoms with E-state index in [1.807, 2.05) is 42.5 Å². The van der Waals surface area contributed by atoms with Crippen LogP contribution in [0.4, 0.5) is 10.5 Å². The van der Waals surface area contributed by atoms with Crippen LogP contribution in [0.1, 0.15) is 72.3 Å². The molecular formula is C43H45N3O4S. The van der Waals surface area contributed by atoms with E-state index < -0.39 is 6.09 Å². The Hall–Kier alpha value is -3.91. The number of nitrogens with one attached hydrogen (secondary N) is 3. The summed E-state index contributed by atoms with van der Waals surface area (Å²) in [6.45, 7) is 1.63. The number of thiocarbonyl (C=S) groups is 1. The Labute approximate surface area is 304 Å². The molecule has 11 rings (SSSR count). The van der Waals surface area contributed by atoms with Crippen molar-refractivity contribution in [1.29, 1.82) is 0 Å². The lowest BCUT2D eigenvalue weighted by Crippen LogP contribution is -2.91. The lowest BCUT2D eigenvalue weighted by molar-refractivity contribution is -0.459. The number of rotatable bonds is 9. The predicted molar refractivity (Wildman–Crippen MR) is 198 cm³/mol. The minimum absolute atomic E-state index is 0.0247. The van der Waals surface area contributed by atoms with Crippen molar-refractivity contribution in [2.24, 2.45) is 64.6 Å². The van der Waals surface area contributed by atoms with Crippen LogP contribution >= 0.6 is 12.2 Å². The molecule has 3 aromatic carbocycles. The number of carbonyl (C=O) groups is 2. The second kappa shape index (κ2) is 11.3. The van der Waals surface area contributed by atoms with E-state index in [2.05, 4.69) is 40.2 Å². The summed E-state index contributed by atoms with van der Waals surface area (Å²) in [6, 6.07) is 22.0. The van der Waals surface area contributed by atoms with Crippen LogP contribution in [0, 0.1) is 64.6 Å². The fraction of sp³-hybridized carbons (Fsp3) is 0.512. The van der Waals surface area contributed by atoms with Gasteiger partial charge in [0.05, 0.1) is 12.3 Å². The molecule has 0 bridgehead atoms. The number of hydrogen-bond donors (Lipinski definition) is 3. The summed E-state index contributed by atoms with van der Waals surface area (Å²) >= 11 is 5.56. The van der Waals surface area contributed by atoms with Crippen LogP contribution < -0.4 is 20.7 Å². The highest BCUT2D eigenvalue weighted by Crippen LogP contribution is 2.92. The third kappa shape index (κ3) is 4.26. The molecule has 7 saturated carbocycles.